The molecule has 0 unspecified atom stereocenters. The van der Waals surface area contributed by atoms with E-state index in [0.29, 0.717) is 6.42 Å². The number of piperidine rings is 1. The van der Waals surface area contributed by atoms with E-state index in [9.17, 15) is 35.9 Å². The number of amides is 2. The highest BCUT2D eigenvalue weighted by atomic mass is 19.4. The van der Waals surface area contributed by atoms with E-state index in [1.807, 2.05) is 0 Å². The van der Waals surface area contributed by atoms with Gasteiger partial charge < -0.3 is 19.5 Å². The first kappa shape index (κ1) is 20.3. The number of ether oxygens (including phenoxy) is 1. The number of rotatable bonds is 3. The van der Waals surface area contributed by atoms with Gasteiger partial charge in [0.1, 0.15) is 6.26 Å². The maximum atomic E-state index is 12.5. The summed E-state index contributed by atoms with van der Waals surface area (Å²) in [5.74, 6) is -0.446. The van der Waals surface area contributed by atoms with Crippen molar-refractivity contribution in [3.63, 3.8) is 0 Å². The molecule has 1 saturated heterocycles. The molecule has 1 spiro atoms. The first-order chi connectivity index (χ1) is 12.9. The predicted octanol–water partition coefficient (Wildman–Crippen LogP) is 3.35. The number of carbonyl (C=O) groups excluding carboxylic acids is 2. The standard InChI is InChI=1S/C15H15F6N3O4/c16-14(17,18)11(15(19,20)21)28-12(26)24-4-2-13(3-5-24)7-8(13)10(25)22-9-1-6-27-23-9/h1,6,8,11H,2-5,7H2,(H,22,23,25)/t8-/m0/s1. The second-order valence-corrected chi connectivity index (χ2v) is 6.83. The second-order valence-electron chi connectivity index (χ2n) is 6.83. The molecule has 1 atom stereocenters. The Bertz CT molecular complexity index is 711. The number of carbonyl (C=O) groups is 2. The Labute approximate surface area is 154 Å². The van der Waals surface area contributed by atoms with Gasteiger partial charge in [-0.15, -0.1) is 0 Å². The van der Waals surface area contributed by atoms with Crippen molar-refractivity contribution in [1.29, 1.82) is 0 Å². The van der Waals surface area contributed by atoms with Gasteiger partial charge in [0.05, 0.1) is 0 Å². The predicted molar refractivity (Wildman–Crippen MR) is 78.9 cm³/mol. The fourth-order valence-electron chi connectivity index (χ4n) is 3.39. The van der Waals surface area contributed by atoms with E-state index < -0.39 is 30.0 Å². The van der Waals surface area contributed by atoms with Crippen molar-refractivity contribution in [2.75, 3.05) is 18.4 Å². The number of hydrogen-bond donors (Lipinski definition) is 1. The summed E-state index contributed by atoms with van der Waals surface area (Å²) in [5, 5.41) is 6.09. The van der Waals surface area contributed by atoms with Crippen LogP contribution in [0.3, 0.4) is 0 Å². The molecular weight excluding hydrogens is 400 g/mol. The van der Waals surface area contributed by atoms with E-state index in [4.69, 9.17) is 0 Å². The van der Waals surface area contributed by atoms with Crippen LogP contribution in [0.25, 0.3) is 0 Å². The number of likely N-dealkylation sites (tertiary alicyclic amines) is 1. The zero-order valence-corrected chi connectivity index (χ0v) is 14.1. The first-order valence-corrected chi connectivity index (χ1v) is 8.23. The molecule has 7 nitrogen and oxygen atoms in total. The van der Waals surface area contributed by atoms with E-state index in [1.54, 1.807) is 0 Å². The van der Waals surface area contributed by atoms with Gasteiger partial charge in [-0.2, -0.15) is 26.3 Å². The molecule has 2 heterocycles. The molecule has 1 aromatic heterocycles. The molecule has 3 rings (SSSR count). The molecular formula is C15H15F6N3O4. The fourth-order valence-corrected chi connectivity index (χ4v) is 3.39. The molecule has 0 radical (unpaired) electrons. The summed E-state index contributed by atoms with van der Waals surface area (Å²) in [6.07, 6.45) is -15.1. The highest BCUT2D eigenvalue weighted by molar-refractivity contribution is 5.94. The number of hydrogen-bond acceptors (Lipinski definition) is 5. The molecule has 1 aliphatic carbocycles. The molecule has 1 aromatic rings. The summed E-state index contributed by atoms with van der Waals surface area (Å²) in [4.78, 5) is 24.7. The molecule has 13 heteroatoms. The van der Waals surface area contributed by atoms with Gasteiger partial charge in [-0.3, -0.25) is 4.79 Å². The van der Waals surface area contributed by atoms with Gasteiger partial charge in [0.2, 0.25) is 5.91 Å². The lowest BCUT2D eigenvalue weighted by Crippen LogP contribution is -2.49. The maximum absolute atomic E-state index is 12.5. The van der Waals surface area contributed by atoms with Gasteiger partial charge in [-0.1, -0.05) is 5.16 Å². The van der Waals surface area contributed by atoms with Crippen LogP contribution in [-0.4, -0.2) is 53.6 Å². The van der Waals surface area contributed by atoms with E-state index >= 15 is 0 Å². The lowest BCUT2D eigenvalue weighted by Gasteiger charge is -2.33. The molecule has 1 saturated carbocycles. The summed E-state index contributed by atoms with van der Waals surface area (Å²) >= 11 is 0. The van der Waals surface area contributed by atoms with Gasteiger partial charge in [-0.25, -0.2) is 4.79 Å². The lowest BCUT2D eigenvalue weighted by atomic mass is 9.91. The number of alkyl halides is 6. The lowest BCUT2D eigenvalue weighted by molar-refractivity contribution is -0.308. The molecule has 2 amide bonds. The van der Waals surface area contributed by atoms with Crippen molar-refractivity contribution >= 4 is 17.8 Å². The number of halogens is 6. The smallest absolute Gasteiger partial charge is 0.426 e. The molecule has 156 valence electrons. The number of nitrogens with one attached hydrogen (secondary N) is 1. The SMILES string of the molecule is O=C(Nc1ccon1)[C@@H]1CC12CCN(C(=O)OC(C(F)(F)F)C(F)(F)F)CC2. The highest BCUT2D eigenvalue weighted by Gasteiger charge is 2.61. The highest BCUT2D eigenvalue weighted by Crippen LogP contribution is 2.59. The third-order valence-corrected chi connectivity index (χ3v) is 5.03. The van der Waals surface area contributed by atoms with Crippen molar-refractivity contribution in [2.45, 2.75) is 37.7 Å². The maximum Gasteiger partial charge on any atom is 0.434 e. The minimum absolute atomic E-state index is 0.102. The number of nitrogens with zero attached hydrogens (tertiary/aromatic N) is 2. The summed E-state index contributed by atoms with van der Waals surface area (Å²) in [6, 6.07) is 1.45. The Morgan fingerprint density at radius 2 is 1.82 bits per heavy atom. The number of anilines is 1. The topological polar surface area (TPSA) is 84.7 Å². The summed E-state index contributed by atoms with van der Waals surface area (Å²) in [5.41, 5.74) is -0.432. The average molecular weight is 415 g/mol. The Balaban J connectivity index is 1.53. The Kier molecular flexibility index (Phi) is 4.96. The zero-order valence-electron chi connectivity index (χ0n) is 14.1. The molecule has 2 fully saturated rings. The molecule has 2 aliphatic rings. The Morgan fingerprint density at radius 1 is 1.21 bits per heavy atom. The van der Waals surface area contributed by atoms with Crippen molar-refractivity contribution in [1.82, 2.24) is 10.1 Å². The van der Waals surface area contributed by atoms with E-state index in [2.05, 4.69) is 19.7 Å². The van der Waals surface area contributed by atoms with Gasteiger partial charge >= 0.3 is 18.4 Å². The van der Waals surface area contributed by atoms with E-state index in [-0.39, 0.29) is 43.6 Å². The zero-order chi connectivity index (χ0) is 20.7. The molecule has 0 aromatic carbocycles. The Hall–Kier alpha value is -2.47. The fraction of sp³-hybridized carbons (Fsp3) is 0.667. The van der Waals surface area contributed by atoms with Crippen LogP contribution in [0.4, 0.5) is 37.0 Å². The third-order valence-electron chi connectivity index (χ3n) is 5.03. The van der Waals surface area contributed by atoms with Crippen molar-refractivity contribution in [3.05, 3.63) is 12.3 Å². The van der Waals surface area contributed by atoms with Crippen molar-refractivity contribution < 1.29 is 45.2 Å². The van der Waals surface area contributed by atoms with Crippen molar-refractivity contribution in [3.8, 4) is 0 Å². The minimum Gasteiger partial charge on any atom is -0.426 e. The summed E-state index contributed by atoms with van der Waals surface area (Å²) < 4.78 is 83.3. The van der Waals surface area contributed by atoms with Gasteiger partial charge in [0, 0.05) is 25.1 Å². The van der Waals surface area contributed by atoms with Gasteiger partial charge in [0.15, 0.2) is 5.82 Å². The molecule has 28 heavy (non-hydrogen) atoms. The van der Waals surface area contributed by atoms with E-state index in [1.165, 1.54) is 12.3 Å². The average Bonchev–Trinajstić information content (AvgIpc) is 3.02. The first-order valence-electron chi connectivity index (χ1n) is 8.23. The van der Waals surface area contributed by atoms with Crippen LogP contribution >= 0.6 is 0 Å². The van der Waals surface area contributed by atoms with Gasteiger partial charge in [-0.05, 0) is 24.7 Å². The third kappa shape index (κ3) is 4.17. The van der Waals surface area contributed by atoms with Crippen LogP contribution < -0.4 is 5.32 Å². The van der Waals surface area contributed by atoms with Crippen LogP contribution in [0.5, 0.6) is 0 Å². The number of aromatic nitrogens is 1. The van der Waals surface area contributed by atoms with Crippen molar-refractivity contribution in [2.24, 2.45) is 11.3 Å². The summed E-state index contributed by atoms with van der Waals surface area (Å²) in [7, 11) is 0. The monoisotopic (exact) mass is 415 g/mol. The van der Waals surface area contributed by atoms with E-state index in [0.717, 1.165) is 4.90 Å². The largest absolute Gasteiger partial charge is 0.434 e. The quantitative estimate of drug-likeness (QED) is 0.766. The minimum atomic E-state index is -5.76. The molecule has 0 bridgehead atoms. The van der Waals surface area contributed by atoms with Crippen LogP contribution in [-0.2, 0) is 9.53 Å². The normalized spacial score (nSPS) is 21.7. The van der Waals surface area contributed by atoms with Gasteiger partial charge in [0.25, 0.3) is 6.10 Å². The molecule has 1 N–H and O–H groups in total. The van der Waals surface area contributed by atoms with Crippen LogP contribution in [0.2, 0.25) is 0 Å². The van der Waals surface area contributed by atoms with Crippen LogP contribution in [0, 0.1) is 11.3 Å². The Morgan fingerprint density at radius 3 is 2.32 bits per heavy atom. The molecule has 1 aliphatic heterocycles. The van der Waals surface area contributed by atoms with Crippen LogP contribution in [0.15, 0.2) is 16.9 Å². The second kappa shape index (κ2) is 6.85. The summed E-state index contributed by atoms with van der Waals surface area (Å²) in [6.45, 7) is -0.204. The van der Waals surface area contributed by atoms with Crippen LogP contribution in [0.1, 0.15) is 19.3 Å².